The Morgan fingerprint density at radius 3 is 1.35 bits per heavy atom. The molecule has 0 spiro atoms. The maximum absolute atomic E-state index is 10.9. The van der Waals surface area contributed by atoms with Crippen LogP contribution < -0.4 is 21.3 Å². The molecule has 114 valence electrons. The van der Waals surface area contributed by atoms with Crippen LogP contribution >= 0.6 is 0 Å². The summed E-state index contributed by atoms with van der Waals surface area (Å²) in [6.45, 7) is 4.59. The topological polar surface area (TPSA) is 88.7 Å². The van der Waals surface area contributed by atoms with Crippen LogP contribution in [0.5, 0.6) is 0 Å². The molecule has 8 nitrogen and oxygen atoms in total. The first kappa shape index (κ1) is 14.9. The highest BCUT2D eigenvalue weighted by molar-refractivity contribution is 5.74. The van der Waals surface area contributed by atoms with Crippen LogP contribution in [0.25, 0.3) is 0 Å². The third kappa shape index (κ3) is 5.22. The van der Waals surface area contributed by atoms with Gasteiger partial charge < -0.3 is 21.3 Å². The van der Waals surface area contributed by atoms with Crippen LogP contribution in [0.4, 0.5) is 9.59 Å². The monoisotopic (exact) mass is 284 g/mol. The number of hydrogen-bond donors (Lipinski definition) is 4. The predicted molar refractivity (Wildman–Crippen MR) is 74.7 cm³/mol. The second-order valence-electron chi connectivity index (χ2n) is 5.20. The Hall–Kier alpha value is -1.54. The van der Waals surface area contributed by atoms with Gasteiger partial charge in [0, 0.05) is 13.1 Å². The Morgan fingerprint density at radius 2 is 1.00 bits per heavy atom. The molecule has 0 aliphatic carbocycles. The summed E-state index contributed by atoms with van der Waals surface area (Å²) < 4.78 is 0. The lowest BCUT2D eigenvalue weighted by Crippen LogP contribution is -2.54. The van der Waals surface area contributed by atoms with Crippen LogP contribution in [-0.2, 0) is 0 Å². The highest BCUT2D eigenvalue weighted by Crippen LogP contribution is 2.04. The molecule has 2 fully saturated rings. The molecular formula is C12H24N6O2. The summed E-state index contributed by atoms with van der Waals surface area (Å²) in [6.07, 6.45) is 4.68. The fraction of sp³-hybridized carbons (Fsp3) is 0.833. The summed E-state index contributed by atoms with van der Waals surface area (Å²) in [5.41, 5.74) is 0. The number of carbonyl (C=O) groups is 2. The minimum absolute atomic E-state index is 0.0801. The van der Waals surface area contributed by atoms with Gasteiger partial charge in [0.1, 0.15) is 0 Å². The van der Waals surface area contributed by atoms with E-state index >= 15 is 0 Å². The van der Waals surface area contributed by atoms with Gasteiger partial charge in [-0.05, 0) is 12.8 Å². The molecule has 2 aliphatic rings. The number of unbranched alkanes of at least 4 members (excludes halogenated alkanes) is 3. The lowest BCUT2D eigenvalue weighted by Gasteiger charge is -2.28. The minimum atomic E-state index is -0.0801. The Balaban J connectivity index is 1.42. The van der Waals surface area contributed by atoms with Gasteiger partial charge in [-0.25, -0.2) is 9.59 Å². The van der Waals surface area contributed by atoms with E-state index in [1.54, 1.807) is 0 Å². The molecule has 2 rings (SSSR count). The molecule has 0 atom stereocenters. The fourth-order valence-electron chi connectivity index (χ4n) is 2.31. The standard InChI is InChI=1S/C12H24N6O2/c19-11-13-7-17(8-14-11)5-3-1-2-4-6-18-9-15-12(20)16-10-18/h1-10H2,(H2,13,14,19)(H2,15,16,20). The molecule has 0 radical (unpaired) electrons. The number of amides is 4. The number of carbonyl (C=O) groups excluding carboxylic acids is 2. The largest absolute Gasteiger partial charge is 0.325 e. The van der Waals surface area contributed by atoms with Crippen molar-refractivity contribution in [3.63, 3.8) is 0 Å². The van der Waals surface area contributed by atoms with Crippen molar-refractivity contribution in [3.05, 3.63) is 0 Å². The molecular weight excluding hydrogens is 260 g/mol. The lowest BCUT2D eigenvalue weighted by molar-refractivity contribution is 0.176. The Labute approximate surface area is 119 Å². The molecule has 2 heterocycles. The summed E-state index contributed by atoms with van der Waals surface area (Å²) in [5, 5.41) is 11.0. The third-order valence-electron chi connectivity index (χ3n) is 3.55. The summed E-state index contributed by atoms with van der Waals surface area (Å²) in [6, 6.07) is -0.160. The molecule has 2 saturated heterocycles. The van der Waals surface area contributed by atoms with E-state index in [0.717, 1.165) is 25.9 Å². The average Bonchev–Trinajstić information content (AvgIpc) is 2.46. The van der Waals surface area contributed by atoms with E-state index in [1.807, 2.05) is 0 Å². The van der Waals surface area contributed by atoms with Gasteiger partial charge in [0.25, 0.3) is 0 Å². The zero-order valence-electron chi connectivity index (χ0n) is 11.8. The van der Waals surface area contributed by atoms with E-state index in [1.165, 1.54) is 12.8 Å². The zero-order valence-corrected chi connectivity index (χ0v) is 11.8. The van der Waals surface area contributed by atoms with Crippen molar-refractivity contribution < 1.29 is 9.59 Å². The highest BCUT2D eigenvalue weighted by atomic mass is 16.2. The third-order valence-corrected chi connectivity index (χ3v) is 3.55. The van der Waals surface area contributed by atoms with Crippen LogP contribution in [0.1, 0.15) is 25.7 Å². The van der Waals surface area contributed by atoms with Crippen molar-refractivity contribution in [1.82, 2.24) is 31.1 Å². The zero-order chi connectivity index (χ0) is 14.2. The molecule has 0 bridgehead atoms. The Bertz CT molecular complexity index is 286. The maximum Gasteiger partial charge on any atom is 0.316 e. The van der Waals surface area contributed by atoms with E-state index in [0.29, 0.717) is 26.7 Å². The van der Waals surface area contributed by atoms with Gasteiger partial charge in [0.05, 0.1) is 26.7 Å². The number of nitrogens with zero attached hydrogens (tertiary/aromatic N) is 2. The van der Waals surface area contributed by atoms with Crippen molar-refractivity contribution in [1.29, 1.82) is 0 Å². The van der Waals surface area contributed by atoms with Crippen molar-refractivity contribution in [2.24, 2.45) is 0 Å². The van der Waals surface area contributed by atoms with Gasteiger partial charge in [0.15, 0.2) is 0 Å². The molecule has 0 saturated carbocycles. The Kier molecular flexibility index (Phi) is 5.87. The van der Waals surface area contributed by atoms with E-state index < -0.39 is 0 Å². The second-order valence-corrected chi connectivity index (χ2v) is 5.20. The van der Waals surface area contributed by atoms with Crippen molar-refractivity contribution >= 4 is 12.1 Å². The first-order valence-corrected chi connectivity index (χ1v) is 7.22. The number of nitrogens with one attached hydrogen (secondary N) is 4. The maximum atomic E-state index is 10.9. The summed E-state index contributed by atoms with van der Waals surface area (Å²) in [7, 11) is 0. The van der Waals surface area contributed by atoms with Crippen molar-refractivity contribution in [2.75, 3.05) is 39.8 Å². The van der Waals surface area contributed by atoms with Crippen LogP contribution in [0.3, 0.4) is 0 Å². The number of rotatable bonds is 7. The van der Waals surface area contributed by atoms with Crippen LogP contribution in [0.2, 0.25) is 0 Å². The molecule has 20 heavy (non-hydrogen) atoms. The second kappa shape index (κ2) is 7.91. The molecule has 0 unspecified atom stereocenters. The van der Waals surface area contributed by atoms with Gasteiger partial charge in [-0.1, -0.05) is 12.8 Å². The van der Waals surface area contributed by atoms with E-state index in [2.05, 4.69) is 31.1 Å². The van der Waals surface area contributed by atoms with Crippen molar-refractivity contribution in [3.8, 4) is 0 Å². The minimum Gasteiger partial charge on any atom is -0.325 e. The van der Waals surface area contributed by atoms with Gasteiger partial charge >= 0.3 is 12.1 Å². The average molecular weight is 284 g/mol. The molecule has 2 aliphatic heterocycles. The smallest absolute Gasteiger partial charge is 0.316 e. The van der Waals surface area contributed by atoms with E-state index in [9.17, 15) is 9.59 Å². The predicted octanol–water partition coefficient (Wildman–Crippen LogP) is -0.394. The van der Waals surface area contributed by atoms with E-state index in [4.69, 9.17) is 0 Å². The van der Waals surface area contributed by atoms with Crippen LogP contribution in [0.15, 0.2) is 0 Å². The molecule has 8 heteroatoms. The quantitative estimate of drug-likeness (QED) is 0.479. The van der Waals surface area contributed by atoms with Crippen molar-refractivity contribution in [2.45, 2.75) is 25.7 Å². The van der Waals surface area contributed by atoms with Gasteiger partial charge in [-0.2, -0.15) is 0 Å². The normalized spacial score (nSPS) is 20.8. The molecule has 0 aromatic carbocycles. The highest BCUT2D eigenvalue weighted by Gasteiger charge is 2.14. The fourth-order valence-corrected chi connectivity index (χ4v) is 2.31. The first-order valence-electron chi connectivity index (χ1n) is 7.22. The van der Waals surface area contributed by atoms with Crippen LogP contribution in [0, 0.1) is 0 Å². The summed E-state index contributed by atoms with van der Waals surface area (Å²) >= 11 is 0. The number of urea groups is 2. The lowest BCUT2D eigenvalue weighted by atomic mass is 10.2. The van der Waals surface area contributed by atoms with Gasteiger partial charge in [-0.15, -0.1) is 0 Å². The SMILES string of the molecule is O=C1NCN(CCCCCCN2CNC(=O)NC2)CN1. The van der Waals surface area contributed by atoms with Crippen LogP contribution in [-0.4, -0.2) is 61.6 Å². The first-order chi connectivity index (χ1) is 9.74. The molecule has 0 aromatic rings. The van der Waals surface area contributed by atoms with Gasteiger partial charge in [-0.3, -0.25) is 9.80 Å². The summed E-state index contributed by atoms with van der Waals surface area (Å²) in [4.78, 5) is 26.2. The number of hydrogen-bond acceptors (Lipinski definition) is 4. The molecule has 4 N–H and O–H groups in total. The summed E-state index contributed by atoms with van der Waals surface area (Å²) in [5.74, 6) is 0. The molecule has 4 amide bonds. The Morgan fingerprint density at radius 1 is 0.650 bits per heavy atom. The van der Waals surface area contributed by atoms with E-state index in [-0.39, 0.29) is 12.1 Å². The van der Waals surface area contributed by atoms with Gasteiger partial charge in [0.2, 0.25) is 0 Å². The molecule has 0 aromatic heterocycles.